The number of aryl methyl sites for hydroxylation is 1. The van der Waals surface area contributed by atoms with Crippen LogP contribution in [-0.4, -0.2) is 56.6 Å². The molecule has 0 radical (unpaired) electrons. The Morgan fingerprint density at radius 3 is 2.61 bits per heavy atom. The van der Waals surface area contributed by atoms with Crippen molar-refractivity contribution in [1.29, 1.82) is 0 Å². The van der Waals surface area contributed by atoms with E-state index in [1.165, 1.54) is 12.4 Å². The Hall–Kier alpha value is -3.49. The minimum Gasteiger partial charge on any atom is -0.353 e. The van der Waals surface area contributed by atoms with Crippen molar-refractivity contribution in [2.75, 3.05) is 36.4 Å². The van der Waals surface area contributed by atoms with Gasteiger partial charge in [-0.15, -0.1) is 0 Å². The zero-order valence-corrected chi connectivity index (χ0v) is 15.4. The third-order valence-electron chi connectivity index (χ3n) is 4.72. The van der Waals surface area contributed by atoms with E-state index in [4.69, 9.17) is 0 Å². The summed E-state index contributed by atoms with van der Waals surface area (Å²) in [5.74, 6) is 1.21. The molecule has 0 saturated carbocycles. The molecule has 3 heterocycles. The van der Waals surface area contributed by atoms with Crippen LogP contribution in [0.25, 0.3) is 5.82 Å². The molecule has 4 rings (SSSR count). The highest BCUT2D eigenvalue weighted by molar-refractivity contribution is 5.89. The predicted molar refractivity (Wildman–Crippen MR) is 103 cm³/mol. The van der Waals surface area contributed by atoms with Gasteiger partial charge in [0.25, 0.3) is 0 Å². The SMILES string of the molecule is Cc1ccc(NC(=O)N2CCN(c3cc(-n4ccnc4)ncn3)CC2)cc1F. The van der Waals surface area contributed by atoms with Gasteiger partial charge < -0.3 is 15.1 Å². The molecule has 144 valence electrons. The molecule has 0 spiro atoms. The van der Waals surface area contributed by atoms with Gasteiger partial charge in [0.1, 0.15) is 30.1 Å². The summed E-state index contributed by atoms with van der Waals surface area (Å²) >= 11 is 0. The average molecular weight is 381 g/mol. The molecule has 0 bridgehead atoms. The number of hydrogen-bond donors (Lipinski definition) is 1. The van der Waals surface area contributed by atoms with E-state index in [2.05, 4.69) is 25.2 Å². The number of aromatic nitrogens is 4. The molecule has 1 aliphatic rings. The number of imidazole rings is 1. The van der Waals surface area contributed by atoms with E-state index in [1.807, 2.05) is 16.8 Å². The summed E-state index contributed by atoms with van der Waals surface area (Å²) in [6.45, 7) is 4.08. The van der Waals surface area contributed by atoms with Crippen LogP contribution in [0.4, 0.5) is 20.7 Å². The van der Waals surface area contributed by atoms with Gasteiger partial charge in [0.15, 0.2) is 0 Å². The van der Waals surface area contributed by atoms with Crippen molar-refractivity contribution in [3.05, 3.63) is 60.7 Å². The molecule has 1 N–H and O–H groups in total. The van der Waals surface area contributed by atoms with Crippen molar-refractivity contribution in [3.8, 4) is 5.82 Å². The van der Waals surface area contributed by atoms with Crippen LogP contribution in [0.2, 0.25) is 0 Å². The fourth-order valence-corrected chi connectivity index (χ4v) is 3.06. The molecule has 9 heteroatoms. The second-order valence-electron chi connectivity index (χ2n) is 6.57. The number of nitrogens with zero attached hydrogens (tertiary/aromatic N) is 6. The molecule has 0 aliphatic carbocycles. The Bertz CT molecular complexity index is 968. The van der Waals surface area contributed by atoms with Crippen molar-refractivity contribution in [2.45, 2.75) is 6.92 Å². The maximum Gasteiger partial charge on any atom is 0.321 e. The van der Waals surface area contributed by atoms with E-state index >= 15 is 0 Å². The number of hydrogen-bond acceptors (Lipinski definition) is 5. The lowest BCUT2D eigenvalue weighted by molar-refractivity contribution is 0.208. The topological polar surface area (TPSA) is 79.2 Å². The minimum absolute atomic E-state index is 0.232. The molecule has 1 saturated heterocycles. The average Bonchev–Trinajstić information content (AvgIpc) is 3.26. The standard InChI is InChI=1S/C19H20FN7O/c1-14-2-3-15(10-16(14)20)24-19(28)26-8-6-25(7-9-26)17-11-18(23-12-22-17)27-5-4-21-13-27/h2-5,10-13H,6-9H2,1H3,(H,24,28). The Balaban J connectivity index is 1.37. The summed E-state index contributed by atoms with van der Waals surface area (Å²) < 4.78 is 15.5. The molecular weight excluding hydrogens is 361 g/mol. The first-order chi connectivity index (χ1) is 13.6. The zero-order valence-electron chi connectivity index (χ0n) is 15.4. The van der Waals surface area contributed by atoms with Crippen LogP contribution in [-0.2, 0) is 0 Å². The molecule has 0 unspecified atom stereocenters. The number of rotatable bonds is 3. The molecule has 3 aromatic rings. The lowest BCUT2D eigenvalue weighted by Crippen LogP contribution is -2.50. The van der Waals surface area contributed by atoms with Gasteiger partial charge in [0, 0.05) is 50.3 Å². The van der Waals surface area contributed by atoms with Crippen molar-refractivity contribution >= 4 is 17.5 Å². The van der Waals surface area contributed by atoms with Crippen LogP contribution in [0.3, 0.4) is 0 Å². The number of amides is 2. The van der Waals surface area contributed by atoms with E-state index in [0.29, 0.717) is 37.4 Å². The molecule has 2 amide bonds. The molecule has 8 nitrogen and oxygen atoms in total. The van der Waals surface area contributed by atoms with Gasteiger partial charge in [-0.2, -0.15) is 0 Å². The van der Waals surface area contributed by atoms with Gasteiger partial charge in [-0.1, -0.05) is 6.07 Å². The second kappa shape index (κ2) is 7.63. The Morgan fingerprint density at radius 1 is 1.11 bits per heavy atom. The maximum absolute atomic E-state index is 13.7. The van der Waals surface area contributed by atoms with E-state index in [1.54, 1.807) is 36.5 Å². The van der Waals surface area contributed by atoms with E-state index in [0.717, 1.165) is 11.6 Å². The largest absolute Gasteiger partial charge is 0.353 e. The normalized spacial score (nSPS) is 14.2. The van der Waals surface area contributed by atoms with Crippen LogP contribution in [0.1, 0.15) is 5.56 Å². The first-order valence-electron chi connectivity index (χ1n) is 8.97. The van der Waals surface area contributed by atoms with Crippen LogP contribution >= 0.6 is 0 Å². The van der Waals surface area contributed by atoms with Crippen LogP contribution in [0, 0.1) is 12.7 Å². The zero-order chi connectivity index (χ0) is 19.5. The number of anilines is 2. The third-order valence-corrected chi connectivity index (χ3v) is 4.72. The summed E-state index contributed by atoms with van der Waals surface area (Å²) in [5, 5.41) is 2.75. The van der Waals surface area contributed by atoms with Crippen molar-refractivity contribution in [2.24, 2.45) is 0 Å². The molecule has 1 aromatic carbocycles. The predicted octanol–water partition coefficient (Wildman–Crippen LogP) is 2.46. The van der Waals surface area contributed by atoms with Gasteiger partial charge in [0.05, 0.1) is 0 Å². The molecular formula is C19H20FN7O. The smallest absolute Gasteiger partial charge is 0.321 e. The van der Waals surface area contributed by atoms with Crippen LogP contribution < -0.4 is 10.2 Å². The Labute approximate surface area is 161 Å². The molecule has 2 aromatic heterocycles. The fraction of sp³-hybridized carbons (Fsp3) is 0.263. The summed E-state index contributed by atoms with van der Waals surface area (Å²) in [7, 11) is 0. The van der Waals surface area contributed by atoms with Crippen molar-refractivity contribution in [1.82, 2.24) is 24.4 Å². The van der Waals surface area contributed by atoms with E-state index in [-0.39, 0.29) is 11.8 Å². The number of piperazine rings is 1. The van der Waals surface area contributed by atoms with Gasteiger partial charge in [-0.3, -0.25) is 4.57 Å². The van der Waals surface area contributed by atoms with Gasteiger partial charge in [-0.25, -0.2) is 24.1 Å². The van der Waals surface area contributed by atoms with E-state index in [9.17, 15) is 9.18 Å². The molecule has 0 atom stereocenters. The van der Waals surface area contributed by atoms with Gasteiger partial charge in [0.2, 0.25) is 0 Å². The highest BCUT2D eigenvalue weighted by Crippen LogP contribution is 2.18. The molecule has 1 aliphatic heterocycles. The second-order valence-corrected chi connectivity index (χ2v) is 6.57. The highest BCUT2D eigenvalue weighted by Gasteiger charge is 2.22. The van der Waals surface area contributed by atoms with E-state index < -0.39 is 0 Å². The quantitative estimate of drug-likeness (QED) is 0.754. The highest BCUT2D eigenvalue weighted by atomic mass is 19.1. The summed E-state index contributed by atoms with van der Waals surface area (Å²) in [5.41, 5.74) is 1.00. The first kappa shape index (κ1) is 17.9. The van der Waals surface area contributed by atoms with Gasteiger partial charge >= 0.3 is 6.03 Å². The molecule has 28 heavy (non-hydrogen) atoms. The minimum atomic E-state index is -0.333. The van der Waals surface area contributed by atoms with Gasteiger partial charge in [-0.05, 0) is 24.6 Å². The Kier molecular flexibility index (Phi) is 4.88. The third kappa shape index (κ3) is 3.78. The van der Waals surface area contributed by atoms with Crippen molar-refractivity contribution < 1.29 is 9.18 Å². The summed E-state index contributed by atoms with van der Waals surface area (Å²) in [6, 6.07) is 6.35. The number of urea groups is 1. The number of halogens is 1. The number of carbonyl (C=O) groups excluding carboxylic acids is 1. The monoisotopic (exact) mass is 381 g/mol. The number of nitrogens with one attached hydrogen (secondary N) is 1. The van der Waals surface area contributed by atoms with Crippen molar-refractivity contribution in [3.63, 3.8) is 0 Å². The maximum atomic E-state index is 13.7. The first-order valence-corrected chi connectivity index (χ1v) is 8.97. The summed E-state index contributed by atoms with van der Waals surface area (Å²) in [4.78, 5) is 28.9. The number of benzene rings is 1. The summed E-state index contributed by atoms with van der Waals surface area (Å²) in [6.07, 6.45) is 6.72. The molecule has 1 fully saturated rings. The van der Waals surface area contributed by atoms with Crippen LogP contribution in [0.15, 0.2) is 49.3 Å². The van der Waals surface area contributed by atoms with Crippen LogP contribution in [0.5, 0.6) is 0 Å². The lowest BCUT2D eigenvalue weighted by Gasteiger charge is -2.35. The fourth-order valence-electron chi connectivity index (χ4n) is 3.06. The Morgan fingerprint density at radius 2 is 1.89 bits per heavy atom. The number of carbonyl (C=O) groups is 1. The lowest BCUT2D eigenvalue weighted by atomic mass is 10.2.